The number of amides is 1. The molecule has 2 rings (SSSR count). The van der Waals surface area contributed by atoms with Gasteiger partial charge in [0.15, 0.2) is 0 Å². The van der Waals surface area contributed by atoms with Crippen LogP contribution in [0.5, 0.6) is 0 Å². The monoisotopic (exact) mass is 321 g/mol. The first kappa shape index (κ1) is 16.7. The lowest BCUT2D eigenvalue weighted by Crippen LogP contribution is -2.44. The van der Waals surface area contributed by atoms with E-state index in [2.05, 4.69) is 0 Å². The number of hydrogen-bond acceptors (Lipinski definition) is 5. The quantitative estimate of drug-likeness (QED) is 0.648. The Labute approximate surface area is 133 Å². The Bertz CT molecular complexity index is 611. The molecule has 0 spiro atoms. The molecule has 1 N–H and O–H groups in total. The number of nitro groups is 1. The van der Waals surface area contributed by atoms with Crippen molar-refractivity contribution in [3.05, 3.63) is 34.4 Å². The molecule has 1 aliphatic rings. The number of carboxylic acid groups (broad SMARTS) is 1. The maximum absolute atomic E-state index is 12.3. The van der Waals surface area contributed by atoms with Crippen LogP contribution in [0.25, 0.3) is 0 Å². The third kappa shape index (κ3) is 3.97. The smallest absolute Gasteiger partial charge is 0.306 e. The molecule has 1 saturated heterocycles. The molecule has 0 bridgehead atoms. The third-order valence-corrected chi connectivity index (χ3v) is 4.06. The van der Waals surface area contributed by atoms with Crippen LogP contribution in [0.15, 0.2) is 24.3 Å². The molecule has 0 unspecified atom stereocenters. The number of carbonyl (C=O) groups excluding carboxylic acids is 1. The fourth-order valence-electron chi connectivity index (χ4n) is 2.71. The Morgan fingerprint density at radius 3 is 2.52 bits per heavy atom. The summed E-state index contributed by atoms with van der Waals surface area (Å²) in [6.07, 6.45) is 0.881. The number of nitrogens with zero attached hydrogens (tertiary/aromatic N) is 3. The first-order chi connectivity index (χ1) is 10.9. The highest BCUT2D eigenvalue weighted by molar-refractivity contribution is 5.83. The number of hydrogen-bond donors (Lipinski definition) is 1. The molecule has 0 saturated carbocycles. The number of likely N-dealkylation sites (N-methyl/N-ethyl adjacent to an activating group) is 1. The predicted octanol–water partition coefficient (Wildman–Crippen LogP) is 1.35. The van der Waals surface area contributed by atoms with Gasteiger partial charge in [-0.25, -0.2) is 0 Å². The second-order valence-electron chi connectivity index (χ2n) is 5.60. The molecule has 23 heavy (non-hydrogen) atoms. The summed E-state index contributed by atoms with van der Waals surface area (Å²) in [7, 11) is 1.63. The van der Waals surface area contributed by atoms with Crippen LogP contribution >= 0.6 is 0 Å². The molecule has 1 amide bonds. The number of likely N-dealkylation sites (tertiary alicyclic amines) is 1. The van der Waals surface area contributed by atoms with Crippen molar-refractivity contribution in [1.29, 1.82) is 0 Å². The Balaban J connectivity index is 1.98. The Hall–Kier alpha value is -2.64. The second kappa shape index (κ2) is 7.08. The summed E-state index contributed by atoms with van der Waals surface area (Å²) >= 11 is 0. The van der Waals surface area contributed by atoms with Crippen LogP contribution in [0.4, 0.5) is 11.4 Å². The Morgan fingerprint density at radius 2 is 1.96 bits per heavy atom. The summed E-state index contributed by atoms with van der Waals surface area (Å²) in [5.41, 5.74) is 0.332. The van der Waals surface area contributed by atoms with E-state index < -0.39 is 16.8 Å². The topological polar surface area (TPSA) is 104 Å². The lowest BCUT2D eigenvalue weighted by atomic mass is 9.97. The van der Waals surface area contributed by atoms with E-state index in [0.717, 1.165) is 0 Å². The first-order valence-corrected chi connectivity index (χ1v) is 7.35. The normalized spacial score (nSPS) is 15.3. The molecule has 8 heteroatoms. The first-order valence-electron chi connectivity index (χ1n) is 7.35. The van der Waals surface area contributed by atoms with Crippen LogP contribution in [0.1, 0.15) is 12.8 Å². The van der Waals surface area contributed by atoms with Gasteiger partial charge in [-0.2, -0.15) is 0 Å². The molecular weight excluding hydrogens is 302 g/mol. The van der Waals surface area contributed by atoms with Crippen molar-refractivity contribution < 1.29 is 19.6 Å². The number of nitro benzene ring substituents is 1. The maximum atomic E-state index is 12.3. The van der Waals surface area contributed by atoms with Gasteiger partial charge in [-0.05, 0) is 18.9 Å². The van der Waals surface area contributed by atoms with Crippen molar-refractivity contribution in [3.8, 4) is 0 Å². The van der Waals surface area contributed by atoms with Gasteiger partial charge in [0.2, 0.25) is 5.91 Å². The average molecular weight is 321 g/mol. The third-order valence-electron chi connectivity index (χ3n) is 4.06. The summed E-state index contributed by atoms with van der Waals surface area (Å²) in [6.45, 7) is 0.823. The van der Waals surface area contributed by atoms with Gasteiger partial charge in [-0.3, -0.25) is 19.7 Å². The number of carbonyl (C=O) groups is 2. The van der Waals surface area contributed by atoms with Gasteiger partial charge in [0.25, 0.3) is 5.69 Å². The lowest BCUT2D eigenvalue weighted by molar-refractivity contribution is -0.384. The molecule has 0 radical (unpaired) electrons. The molecule has 0 aliphatic carbocycles. The second-order valence-corrected chi connectivity index (χ2v) is 5.60. The molecule has 0 aromatic heterocycles. The number of rotatable bonds is 5. The van der Waals surface area contributed by atoms with Gasteiger partial charge in [0.05, 0.1) is 17.4 Å². The molecule has 1 fully saturated rings. The van der Waals surface area contributed by atoms with Crippen molar-refractivity contribution in [2.24, 2.45) is 5.92 Å². The zero-order chi connectivity index (χ0) is 17.0. The van der Waals surface area contributed by atoms with Crippen LogP contribution < -0.4 is 4.90 Å². The zero-order valence-corrected chi connectivity index (χ0v) is 12.8. The summed E-state index contributed by atoms with van der Waals surface area (Å²) in [5, 5.41) is 20.0. The molecule has 0 atom stereocenters. The summed E-state index contributed by atoms with van der Waals surface area (Å²) in [4.78, 5) is 37.0. The van der Waals surface area contributed by atoms with Crippen molar-refractivity contribution in [1.82, 2.24) is 4.90 Å². The standard InChI is InChI=1S/C15H19N3O5/c1-16(12-4-2-3-5-13(12)18(22)23)10-14(19)17-8-6-11(7-9-17)15(20)21/h2-5,11H,6-10H2,1H3,(H,20,21). The van der Waals surface area contributed by atoms with E-state index in [0.29, 0.717) is 31.6 Å². The highest BCUT2D eigenvalue weighted by atomic mass is 16.6. The minimum atomic E-state index is -0.825. The van der Waals surface area contributed by atoms with Crippen LogP contribution in [0, 0.1) is 16.0 Å². The van der Waals surface area contributed by atoms with Gasteiger partial charge in [-0.15, -0.1) is 0 Å². The Morgan fingerprint density at radius 1 is 1.35 bits per heavy atom. The number of aliphatic carboxylic acids is 1. The van der Waals surface area contributed by atoms with Crippen molar-refractivity contribution in [3.63, 3.8) is 0 Å². The molecule has 1 aliphatic heterocycles. The molecule has 1 aromatic carbocycles. The van der Waals surface area contributed by atoms with E-state index in [1.807, 2.05) is 0 Å². The molecule has 124 valence electrons. The van der Waals surface area contributed by atoms with E-state index >= 15 is 0 Å². The highest BCUT2D eigenvalue weighted by Crippen LogP contribution is 2.26. The van der Waals surface area contributed by atoms with Gasteiger partial charge >= 0.3 is 5.97 Å². The minimum Gasteiger partial charge on any atom is -0.481 e. The van der Waals surface area contributed by atoms with Gasteiger partial charge in [-0.1, -0.05) is 12.1 Å². The maximum Gasteiger partial charge on any atom is 0.306 e. The van der Waals surface area contributed by atoms with Gasteiger partial charge in [0.1, 0.15) is 5.69 Å². The molecule has 8 nitrogen and oxygen atoms in total. The highest BCUT2D eigenvalue weighted by Gasteiger charge is 2.28. The van der Waals surface area contributed by atoms with Crippen molar-refractivity contribution >= 4 is 23.3 Å². The number of anilines is 1. The summed E-state index contributed by atoms with van der Waals surface area (Å²) < 4.78 is 0. The zero-order valence-electron chi connectivity index (χ0n) is 12.8. The fraction of sp³-hybridized carbons (Fsp3) is 0.467. The predicted molar refractivity (Wildman–Crippen MR) is 83.3 cm³/mol. The Kier molecular flexibility index (Phi) is 5.15. The van der Waals surface area contributed by atoms with E-state index in [1.54, 1.807) is 35.0 Å². The van der Waals surface area contributed by atoms with E-state index in [4.69, 9.17) is 5.11 Å². The minimum absolute atomic E-state index is 0.0165. The van der Waals surface area contributed by atoms with E-state index in [9.17, 15) is 19.7 Å². The fourth-order valence-corrected chi connectivity index (χ4v) is 2.71. The summed E-state index contributed by atoms with van der Waals surface area (Å²) in [6, 6.07) is 6.26. The SMILES string of the molecule is CN(CC(=O)N1CCC(C(=O)O)CC1)c1ccccc1[N+](=O)[O-]. The van der Waals surface area contributed by atoms with E-state index in [1.165, 1.54) is 6.07 Å². The molecule has 1 aromatic rings. The number of piperidine rings is 1. The van der Waals surface area contributed by atoms with Crippen LogP contribution in [-0.4, -0.2) is 53.5 Å². The largest absolute Gasteiger partial charge is 0.481 e. The molecular formula is C15H19N3O5. The lowest BCUT2D eigenvalue weighted by Gasteiger charge is -2.31. The van der Waals surface area contributed by atoms with Crippen LogP contribution in [-0.2, 0) is 9.59 Å². The number of para-hydroxylation sites is 2. The van der Waals surface area contributed by atoms with Crippen molar-refractivity contribution in [2.45, 2.75) is 12.8 Å². The van der Waals surface area contributed by atoms with Gasteiger partial charge in [0, 0.05) is 26.2 Å². The molecule has 1 heterocycles. The van der Waals surface area contributed by atoms with E-state index in [-0.39, 0.29) is 18.1 Å². The average Bonchev–Trinajstić information content (AvgIpc) is 2.54. The summed E-state index contributed by atoms with van der Waals surface area (Å²) in [5.74, 6) is -1.38. The van der Waals surface area contributed by atoms with Crippen molar-refractivity contribution in [2.75, 3.05) is 31.6 Å². The number of benzene rings is 1. The van der Waals surface area contributed by atoms with Crippen LogP contribution in [0.2, 0.25) is 0 Å². The number of carboxylic acids is 1. The van der Waals surface area contributed by atoms with Crippen LogP contribution in [0.3, 0.4) is 0 Å². The van der Waals surface area contributed by atoms with Gasteiger partial charge < -0.3 is 14.9 Å².